The maximum Gasteiger partial charge on any atom is 0.254 e. The van der Waals surface area contributed by atoms with E-state index in [1.54, 1.807) is 0 Å². The number of amides is 1. The molecule has 3 aromatic rings. The Morgan fingerprint density at radius 1 is 1.21 bits per heavy atom. The lowest BCUT2D eigenvalue weighted by Gasteiger charge is -2.25. The third kappa shape index (κ3) is 2.46. The molecule has 1 aromatic heterocycles. The van der Waals surface area contributed by atoms with E-state index in [9.17, 15) is 4.79 Å². The molecular weight excluding hydrogens is 300 g/mol. The minimum Gasteiger partial charge on any atom is -0.332 e. The fraction of sp³-hybridized carbons (Fsp3) is 0.316. The van der Waals surface area contributed by atoms with Crippen molar-refractivity contribution < 1.29 is 4.79 Å². The van der Waals surface area contributed by atoms with E-state index in [0.717, 1.165) is 37.0 Å². The SMILES string of the molecule is CCn1nnc2cc(C(=O)N3CCCC3c3ccccc3)ccc21. The van der Waals surface area contributed by atoms with E-state index in [4.69, 9.17) is 0 Å². The molecule has 0 radical (unpaired) electrons. The lowest BCUT2D eigenvalue weighted by Crippen LogP contribution is -2.30. The van der Waals surface area contributed by atoms with Crippen molar-refractivity contribution in [2.24, 2.45) is 0 Å². The van der Waals surface area contributed by atoms with Gasteiger partial charge >= 0.3 is 0 Å². The zero-order valence-corrected chi connectivity index (χ0v) is 13.7. The summed E-state index contributed by atoms with van der Waals surface area (Å²) >= 11 is 0. The van der Waals surface area contributed by atoms with Crippen molar-refractivity contribution in [2.45, 2.75) is 32.4 Å². The first-order valence-electron chi connectivity index (χ1n) is 8.47. The Balaban J connectivity index is 1.65. The monoisotopic (exact) mass is 320 g/mol. The van der Waals surface area contributed by atoms with Crippen LogP contribution in [0.2, 0.25) is 0 Å². The maximum atomic E-state index is 13.0. The van der Waals surface area contributed by atoms with E-state index in [2.05, 4.69) is 22.4 Å². The van der Waals surface area contributed by atoms with Gasteiger partial charge in [-0.25, -0.2) is 4.68 Å². The van der Waals surface area contributed by atoms with E-state index in [-0.39, 0.29) is 11.9 Å². The molecule has 0 aliphatic carbocycles. The van der Waals surface area contributed by atoms with Crippen molar-refractivity contribution in [3.63, 3.8) is 0 Å². The van der Waals surface area contributed by atoms with Gasteiger partial charge in [0.05, 0.1) is 11.6 Å². The number of likely N-dealkylation sites (tertiary alicyclic amines) is 1. The van der Waals surface area contributed by atoms with Crippen LogP contribution in [0, 0.1) is 0 Å². The molecule has 1 atom stereocenters. The van der Waals surface area contributed by atoms with E-state index in [1.165, 1.54) is 5.56 Å². The molecule has 0 spiro atoms. The van der Waals surface area contributed by atoms with Crippen LogP contribution < -0.4 is 0 Å². The molecule has 1 saturated heterocycles. The van der Waals surface area contributed by atoms with Crippen LogP contribution in [0.4, 0.5) is 0 Å². The van der Waals surface area contributed by atoms with Crippen LogP contribution in [-0.2, 0) is 6.54 Å². The number of nitrogens with zero attached hydrogens (tertiary/aromatic N) is 4. The first kappa shape index (κ1) is 14.9. The van der Waals surface area contributed by atoms with E-state index < -0.39 is 0 Å². The fourth-order valence-corrected chi connectivity index (χ4v) is 3.54. The Bertz CT molecular complexity index is 871. The Morgan fingerprint density at radius 3 is 2.83 bits per heavy atom. The Kier molecular flexibility index (Phi) is 3.76. The number of carbonyl (C=O) groups is 1. The number of aromatic nitrogens is 3. The van der Waals surface area contributed by atoms with Crippen LogP contribution in [-0.4, -0.2) is 32.3 Å². The summed E-state index contributed by atoms with van der Waals surface area (Å²) in [5.74, 6) is 0.0781. The molecule has 5 nitrogen and oxygen atoms in total. The first-order chi connectivity index (χ1) is 11.8. The van der Waals surface area contributed by atoms with Crippen LogP contribution in [0.15, 0.2) is 48.5 Å². The van der Waals surface area contributed by atoms with E-state index >= 15 is 0 Å². The van der Waals surface area contributed by atoms with Crippen molar-refractivity contribution in [3.05, 3.63) is 59.7 Å². The summed E-state index contributed by atoms with van der Waals surface area (Å²) in [4.78, 5) is 15.0. The molecule has 1 fully saturated rings. The van der Waals surface area contributed by atoms with Crippen LogP contribution in [0.3, 0.4) is 0 Å². The van der Waals surface area contributed by atoms with Crippen LogP contribution in [0.5, 0.6) is 0 Å². The highest BCUT2D eigenvalue weighted by atomic mass is 16.2. The van der Waals surface area contributed by atoms with Crippen LogP contribution in [0.1, 0.15) is 41.7 Å². The minimum absolute atomic E-state index is 0.0781. The second-order valence-corrected chi connectivity index (χ2v) is 6.18. The van der Waals surface area contributed by atoms with Crippen LogP contribution in [0.25, 0.3) is 11.0 Å². The van der Waals surface area contributed by atoms with Gasteiger partial charge in [-0.05, 0) is 43.5 Å². The third-order valence-electron chi connectivity index (χ3n) is 4.76. The molecule has 2 heterocycles. The number of aryl methyl sites for hydroxylation is 1. The standard InChI is InChI=1S/C19H20N4O/c1-2-23-18-11-10-15(13-16(18)20-21-23)19(24)22-12-6-9-17(22)14-7-4-3-5-8-14/h3-5,7-8,10-11,13,17H,2,6,9,12H2,1H3. The predicted octanol–water partition coefficient (Wildman–Crippen LogP) is 3.43. The smallest absolute Gasteiger partial charge is 0.254 e. The molecule has 0 saturated carbocycles. The molecule has 0 N–H and O–H groups in total. The van der Waals surface area contributed by atoms with Gasteiger partial charge in [-0.2, -0.15) is 0 Å². The predicted molar refractivity (Wildman–Crippen MR) is 92.7 cm³/mol. The number of hydrogen-bond acceptors (Lipinski definition) is 3. The van der Waals surface area contributed by atoms with Gasteiger partial charge in [0.2, 0.25) is 0 Å². The van der Waals surface area contributed by atoms with Crippen molar-refractivity contribution >= 4 is 16.9 Å². The zero-order chi connectivity index (χ0) is 16.5. The molecule has 2 aromatic carbocycles. The Morgan fingerprint density at radius 2 is 2.04 bits per heavy atom. The zero-order valence-electron chi connectivity index (χ0n) is 13.7. The van der Waals surface area contributed by atoms with Gasteiger partial charge in [-0.15, -0.1) is 5.10 Å². The number of benzene rings is 2. The summed E-state index contributed by atoms with van der Waals surface area (Å²) in [6, 6.07) is 16.1. The summed E-state index contributed by atoms with van der Waals surface area (Å²) in [7, 11) is 0. The Labute approximate surface area is 140 Å². The number of carbonyl (C=O) groups excluding carboxylic acids is 1. The first-order valence-corrected chi connectivity index (χ1v) is 8.47. The van der Waals surface area contributed by atoms with Gasteiger partial charge in [0.1, 0.15) is 5.52 Å². The van der Waals surface area contributed by atoms with Gasteiger partial charge in [0.25, 0.3) is 5.91 Å². The Hall–Kier alpha value is -2.69. The van der Waals surface area contributed by atoms with E-state index in [1.807, 2.05) is 52.9 Å². The topological polar surface area (TPSA) is 51.0 Å². The normalized spacial score (nSPS) is 17.5. The lowest BCUT2D eigenvalue weighted by atomic mass is 10.0. The molecule has 1 unspecified atom stereocenters. The summed E-state index contributed by atoms with van der Waals surface area (Å²) in [6.07, 6.45) is 2.06. The quantitative estimate of drug-likeness (QED) is 0.743. The number of rotatable bonds is 3. The van der Waals surface area contributed by atoms with Gasteiger partial charge in [-0.1, -0.05) is 35.5 Å². The van der Waals surface area contributed by atoms with Crippen molar-refractivity contribution in [1.29, 1.82) is 0 Å². The average molecular weight is 320 g/mol. The van der Waals surface area contributed by atoms with Gasteiger partial charge in [0, 0.05) is 18.7 Å². The molecule has 1 amide bonds. The maximum absolute atomic E-state index is 13.0. The third-order valence-corrected chi connectivity index (χ3v) is 4.76. The van der Waals surface area contributed by atoms with Gasteiger partial charge < -0.3 is 4.90 Å². The summed E-state index contributed by atoms with van der Waals surface area (Å²) in [5.41, 5.74) is 3.64. The average Bonchev–Trinajstić information content (AvgIpc) is 3.28. The van der Waals surface area contributed by atoms with Crippen LogP contribution >= 0.6 is 0 Å². The lowest BCUT2D eigenvalue weighted by molar-refractivity contribution is 0.0736. The highest BCUT2D eigenvalue weighted by molar-refractivity contribution is 5.97. The molecule has 24 heavy (non-hydrogen) atoms. The molecule has 0 bridgehead atoms. The molecule has 5 heteroatoms. The molecular formula is C19H20N4O. The highest BCUT2D eigenvalue weighted by Gasteiger charge is 2.30. The van der Waals surface area contributed by atoms with Crippen molar-refractivity contribution in [1.82, 2.24) is 19.9 Å². The molecule has 1 aliphatic rings. The van der Waals surface area contributed by atoms with Gasteiger partial charge in [-0.3, -0.25) is 4.79 Å². The summed E-state index contributed by atoms with van der Waals surface area (Å²) < 4.78 is 1.84. The second kappa shape index (κ2) is 6.07. The summed E-state index contributed by atoms with van der Waals surface area (Å²) in [5, 5.41) is 8.29. The van der Waals surface area contributed by atoms with Crippen molar-refractivity contribution in [3.8, 4) is 0 Å². The molecule has 4 rings (SSSR count). The second-order valence-electron chi connectivity index (χ2n) is 6.18. The van der Waals surface area contributed by atoms with Crippen molar-refractivity contribution in [2.75, 3.05) is 6.54 Å². The number of fused-ring (bicyclic) bond motifs is 1. The minimum atomic E-state index is 0.0781. The largest absolute Gasteiger partial charge is 0.332 e. The molecule has 122 valence electrons. The van der Waals surface area contributed by atoms with Gasteiger partial charge in [0.15, 0.2) is 0 Å². The van der Waals surface area contributed by atoms with E-state index in [0.29, 0.717) is 5.56 Å². The molecule has 1 aliphatic heterocycles. The highest BCUT2D eigenvalue weighted by Crippen LogP contribution is 2.33. The summed E-state index contributed by atoms with van der Waals surface area (Å²) in [6.45, 7) is 3.60. The number of hydrogen-bond donors (Lipinski definition) is 0. The fourth-order valence-electron chi connectivity index (χ4n) is 3.54.